The highest BCUT2D eigenvalue weighted by atomic mass is 32.1. The molecule has 0 spiro atoms. The minimum absolute atomic E-state index is 0.513. The molecule has 2 aromatic heterocycles. The number of aromatic amines is 1. The van der Waals surface area contributed by atoms with E-state index in [-0.39, 0.29) is 0 Å². The minimum Gasteiger partial charge on any atom is -0.336 e. The SMILES string of the molecule is Cc1cc(-c2ncc(C=O)[nH]2)cs1. The molecule has 0 saturated heterocycles. The minimum atomic E-state index is 0.513. The van der Waals surface area contributed by atoms with E-state index in [4.69, 9.17) is 0 Å². The predicted molar refractivity (Wildman–Crippen MR) is 52.0 cm³/mol. The van der Waals surface area contributed by atoms with Crippen molar-refractivity contribution in [2.45, 2.75) is 6.92 Å². The zero-order valence-electron chi connectivity index (χ0n) is 7.07. The van der Waals surface area contributed by atoms with Crippen LogP contribution in [-0.4, -0.2) is 16.3 Å². The van der Waals surface area contributed by atoms with Crippen LogP contribution in [0.5, 0.6) is 0 Å². The van der Waals surface area contributed by atoms with E-state index in [1.807, 2.05) is 18.4 Å². The summed E-state index contributed by atoms with van der Waals surface area (Å²) in [6, 6.07) is 2.04. The number of rotatable bonds is 2. The average Bonchev–Trinajstić information content (AvgIpc) is 2.71. The Morgan fingerprint density at radius 2 is 2.46 bits per heavy atom. The highest BCUT2D eigenvalue weighted by Crippen LogP contribution is 2.21. The number of aromatic nitrogens is 2. The third-order valence-corrected chi connectivity index (χ3v) is 2.59. The molecule has 0 aliphatic rings. The molecule has 2 rings (SSSR count). The Morgan fingerprint density at radius 3 is 3.00 bits per heavy atom. The molecule has 2 heterocycles. The van der Waals surface area contributed by atoms with Crippen LogP contribution in [0.4, 0.5) is 0 Å². The van der Waals surface area contributed by atoms with Crippen LogP contribution in [0.15, 0.2) is 17.6 Å². The summed E-state index contributed by atoms with van der Waals surface area (Å²) in [5.41, 5.74) is 1.55. The van der Waals surface area contributed by atoms with E-state index in [1.54, 1.807) is 11.3 Å². The van der Waals surface area contributed by atoms with Gasteiger partial charge in [0.15, 0.2) is 6.29 Å². The maximum Gasteiger partial charge on any atom is 0.167 e. The Bertz CT molecular complexity index is 430. The number of hydrogen-bond donors (Lipinski definition) is 1. The molecule has 0 aliphatic heterocycles. The molecule has 1 N–H and O–H groups in total. The first kappa shape index (κ1) is 8.19. The first-order valence-corrected chi connectivity index (χ1v) is 4.73. The highest BCUT2D eigenvalue weighted by Gasteiger charge is 2.03. The lowest BCUT2D eigenvalue weighted by molar-refractivity contribution is 0.111. The van der Waals surface area contributed by atoms with Crippen LogP contribution in [0.3, 0.4) is 0 Å². The lowest BCUT2D eigenvalue weighted by Gasteiger charge is -1.87. The summed E-state index contributed by atoms with van der Waals surface area (Å²) in [6.07, 6.45) is 2.30. The van der Waals surface area contributed by atoms with Crippen molar-refractivity contribution in [2.75, 3.05) is 0 Å². The number of thiophene rings is 1. The van der Waals surface area contributed by atoms with Crippen molar-refractivity contribution in [3.05, 3.63) is 28.2 Å². The van der Waals surface area contributed by atoms with Crippen LogP contribution >= 0.6 is 11.3 Å². The van der Waals surface area contributed by atoms with Crippen LogP contribution in [0.1, 0.15) is 15.4 Å². The van der Waals surface area contributed by atoms with Gasteiger partial charge in [-0.25, -0.2) is 4.98 Å². The van der Waals surface area contributed by atoms with Crippen LogP contribution in [0, 0.1) is 6.92 Å². The fourth-order valence-electron chi connectivity index (χ4n) is 1.11. The lowest BCUT2D eigenvalue weighted by Crippen LogP contribution is -1.78. The molecule has 0 saturated carbocycles. The zero-order valence-corrected chi connectivity index (χ0v) is 7.89. The summed E-state index contributed by atoms with van der Waals surface area (Å²) in [4.78, 5) is 18.6. The molecule has 0 radical (unpaired) electrons. The van der Waals surface area contributed by atoms with Gasteiger partial charge in [-0.05, 0) is 13.0 Å². The van der Waals surface area contributed by atoms with E-state index in [0.717, 1.165) is 17.7 Å². The van der Waals surface area contributed by atoms with Crippen molar-refractivity contribution in [2.24, 2.45) is 0 Å². The normalized spacial score (nSPS) is 10.2. The van der Waals surface area contributed by atoms with Gasteiger partial charge in [0.25, 0.3) is 0 Å². The fourth-order valence-corrected chi connectivity index (χ4v) is 1.80. The maximum absolute atomic E-state index is 10.4. The number of H-pyrrole nitrogens is 1. The summed E-state index contributed by atoms with van der Waals surface area (Å²) in [5.74, 6) is 0.756. The average molecular weight is 192 g/mol. The van der Waals surface area contributed by atoms with Crippen molar-refractivity contribution < 1.29 is 4.79 Å². The number of hydrogen-bond acceptors (Lipinski definition) is 3. The van der Waals surface area contributed by atoms with Gasteiger partial charge in [0.2, 0.25) is 0 Å². The third kappa shape index (κ3) is 1.53. The molecule has 0 fully saturated rings. The number of carbonyl (C=O) groups is 1. The molecule has 0 amide bonds. The van der Waals surface area contributed by atoms with Gasteiger partial charge in [-0.15, -0.1) is 11.3 Å². The number of carbonyl (C=O) groups excluding carboxylic acids is 1. The largest absolute Gasteiger partial charge is 0.336 e. The molecule has 0 unspecified atom stereocenters. The van der Waals surface area contributed by atoms with Gasteiger partial charge in [0.05, 0.1) is 11.9 Å². The number of nitrogens with zero attached hydrogens (tertiary/aromatic N) is 1. The van der Waals surface area contributed by atoms with Crippen LogP contribution in [-0.2, 0) is 0 Å². The summed E-state index contributed by atoms with van der Waals surface area (Å²) in [5, 5.41) is 2.02. The summed E-state index contributed by atoms with van der Waals surface area (Å²) in [6.45, 7) is 2.04. The van der Waals surface area contributed by atoms with Crippen molar-refractivity contribution in [1.82, 2.24) is 9.97 Å². The van der Waals surface area contributed by atoms with Crippen molar-refractivity contribution in [3.8, 4) is 11.4 Å². The van der Waals surface area contributed by atoms with Crippen molar-refractivity contribution in [1.29, 1.82) is 0 Å². The monoisotopic (exact) mass is 192 g/mol. The van der Waals surface area contributed by atoms with E-state index >= 15 is 0 Å². The van der Waals surface area contributed by atoms with E-state index in [9.17, 15) is 4.79 Å². The van der Waals surface area contributed by atoms with E-state index in [1.165, 1.54) is 11.1 Å². The Balaban J connectivity index is 2.40. The Hall–Kier alpha value is -1.42. The van der Waals surface area contributed by atoms with E-state index in [0.29, 0.717) is 5.69 Å². The lowest BCUT2D eigenvalue weighted by atomic mass is 10.3. The van der Waals surface area contributed by atoms with Gasteiger partial charge < -0.3 is 4.98 Å². The van der Waals surface area contributed by atoms with Gasteiger partial charge in [0, 0.05) is 15.8 Å². The zero-order chi connectivity index (χ0) is 9.26. The molecule has 2 aromatic rings. The molecular formula is C9H8N2OS. The Labute approximate surface area is 79.4 Å². The van der Waals surface area contributed by atoms with E-state index in [2.05, 4.69) is 9.97 Å². The maximum atomic E-state index is 10.4. The van der Waals surface area contributed by atoms with Gasteiger partial charge in [-0.1, -0.05) is 0 Å². The fraction of sp³-hybridized carbons (Fsp3) is 0.111. The van der Waals surface area contributed by atoms with Crippen LogP contribution in [0.25, 0.3) is 11.4 Å². The van der Waals surface area contributed by atoms with Gasteiger partial charge >= 0.3 is 0 Å². The Morgan fingerprint density at radius 1 is 1.62 bits per heavy atom. The molecule has 13 heavy (non-hydrogen) atoms. The summed E-state index contributed by atoms with van der Waals surface area (Å²) >= 11 is 1.67. The Kier molecular flexibility index (Phi) is 1.98. The molecule has 66 valence electrons. The second-order valence-electron chi connectivity index (χ2n) is 2.75. The second-order valence-corrected chi connectivity index (χ2v) is 3.87. The van der Waals surface area contributed by atoms with Crippen molar-refractivity contribution in [3.63, 3.8) is 0 Å². The number of aryl methyl sites for hydroxylation is 1. The van der Waals surface area contributed by atoms with Gasteiger partial charge in [0.1, 0.15) is 5.82 Å². The second kappa shape index (κ2) is 3.14. The standard InChI is InChI=1S/C9H8N2OS/c1-6-2-7(5-13-6)9-10-3-8(4-12)11-9/h2-5H,1H3,(H,10,11). The first-order chi connectivity index (χ1) is 6.29. The quantitative estimate of drug-likeness (QED) is 0.742. The summed E-state index contributed by atoms with van der Waals surface area (Å²) in [7, 11) is 0. The first-order valence-electron chi connectivity index (χ1n) is 3.85. The molecule has 3 nitrogen and oxygen atoms in total. The van der Waals surface area contributed by atoms with Crippen LogP contribution in [0.2, 0.25) is 0 Å². The topological polar surface area (TPSA) is 45.8 Å². The van der Waals surface area contributed by atoms with Crippen LogP contribution < -0.4 is 0 Å². The highest BCUT2D eigenvalue weighted by molar-refractivity contribution is 7.10. The molecule has 0 bridgehead atoms. The molecule has 4 heteroatoms. The molecular weight excluding hydrogens is 184 g/mol. The third-order valence-electron chi connectivity index (χ3n) is 1.73. The van der Waals surface area contributed by atoms with Gasteiger partial charge in [-0.2, -0.15) is 0 Å². The molecule has 0 aromatic carbocycles. The van der Waals surface area contributed by atoms with E-state index < -0.39 is 0 Å². The smallest absolute Gasteiger partial charge is 0.167 e. The van der Waals surface area contributed by atoms with Crippen molar-refractivity contribution >= 4 is 17.6 Å². The van der Waals surface area contributed by atoms with Gasteiger partial charge in [-0.3, -0.25) is 4.79 Å². The molecule has 0 aliphatic carbocycles. The summed E-state index contributed by atoms with van der Waals surface area (Å²) < 4.78 is 0. The number of imidazole rings is 1. The predicted octanol–water partition coefficient (Wildman–Crippen LogP) is 2.26. The molecule has 0 atom stereocenters. The number of aldehydes is 1. The number of nitrogens with one attached hydrogen (secondary N) is 1.